The Balaban J connectivity index is 1.56. The molecular weight excluding hydrogens is 370 g/mol. The van der Waals surface area contributed by atoms with Crippen LogP contribution in [0.1, 0.15) is 18.1 Å². The highest BCUT2D eigenvalue weighted by Gasteiger charge is 2.21. The topological polar surface area (TPSA) is 79.9 Å². The zero-order valence-corrected chi connectivity index (χ0v) is 17.2. The minimum atomic E-state index is -0.493. The van der Waals surface area contributed by atoms with Crippen LogP contribution in [0.3, 0.4) is 0 Å². The zero-order chi connectivity index (χ0) is 21.0. The van der Waals surface area contributed by atoms with E-state index in [0.29, 0.717) is 30.4 Å². The average molecular weight is 397 g/mol. The molecule has 0 unspecified atom stereocenters. The number of hydrogen-bond acceptors (Lipinski definition) is 5. The minimum Gasteiger partial charge on any atom is -0.486 e. The first kappa shape index (κ1) is 20.7. The molecule has 2 amide bonds. The van der Waals surface area contributed by atoms with Gasteiger partial charge in [-0.1, -0.05) is 12.1 Å². The van der Waals surface area contributed by atoms with Crippen LogP contribution in [0.25, 0.3) is 0 Å². The van der Waals surface area contributed by atoms with Crippen molar-refractivity contribution in [3.63, 3.8) is 0 Å². The quantitative estimate of drug-likeness (QED) is 0.783. The largest absolute Gasteiger partial charge is 0.486 e. The normalized spacial score (nSPS) is 13.7. The Labute approximate surface area is 171 Å². The van der Waals surface area contributed by atoms with E-state index < -0.39 is 6.04 Å². The molecule has 29 heavy (non-hydrogen) atoms. The number of carbonyl (C=O) groups excluding carboxylic acids is 2. The molecule has 3 rings (SSSR count). The van der Waals surface area contributed by atoms with E-state index in [4.69, 9.17) is 9.47 Å². The van der Waals surface area contributed by atoms with E-state index in [0.717, 1.165) is 16.8 Å². The molecule has 0 saturated heterocycles. The van der Waals surface area contributed by atoms with Crippen LogP contribution in [0.2, 0.25) is 0 Å². The second kappa shape index (κ2) is 8.96. The van der Waals surface area contributed by atoms with Crippen LogP contribution in [0, 0.1) is 13.8 Å². The number of rotatable bonds is 6. The number of aryl methyl sites for hydroxylation is 1. The van der Waals surface area contributed by atoms with E-state index in [1.54, 1.807) is 37.1 Å². The van der Waals surface area contributed by atoms with Crippen LogP contribution in [0.5, 0.6) is 11.5 Å². The fourth-order valence-electron chi connectivity index (χ4n) is 3.01. The van der Waals surface area contributed by atoms with Crippen molar-refractivity contribution in [2.75, 3.05) is 37.4 Å². The summed E-state index contributed by atoms with van der Waals surface area (Å²) in [5, 5.41) is 5.78. The van der Waals surface area contributed by atoms with Gasteiger partial charge in [0.05, 0.1) is 12.6 Å². The smallest absolute Gasteiger partial charge is 0.241 e. The zero-order valence-electron chi connectivity index (χ0n) is 17.2. The van der Waals surface area contributed by atoms with Crippen molar-refractivity contribution >= 4 is 23.2 Å². The van der Waals surface area contributed by atoms with Gasteiger partial charge in [0.2, 0.25) is 11.8 Å². The lowest BCUT2D eigenvalue weighted by Crippen LogP contribution is -2.43. The highest BCUT2D eigenvalue weighted by molar-refractivity contribution is 5.96. The molecule has 1 aliphatic heterocycles. The van der Waals surface area contributed by atoms with Crippen LogP contribution in [-0.2, 0) is 9.59 Å². The lowest BCUT2D eigenvalue weighted by atomic mass is 10.1. The van der Waals surface area contributed by atoms with Gasteiger partial charge < -0.3 is 20.1 Å². The molecule has 0 fully saturated rings. The van der Waals surface area contributed by atoms with Gasteiger partial charge in [0, 0.05) is 17.4 Å². The maximum Gasteiger partial charge on any atom is 0.241 e. The molecule has 0 aliphatic carbocycles. The molecule has 1 atom stereocenters. The molecule has 1 aliphatic rings. The predicted octanol–water partition coefficient (Wildman–Crippen LogP) is 2.97. The summed E-state index contributed by atoms with van der Waals surface area (Å²) in [6.07, 6.45) is 0. The van der Waals surface area contributed by atoms with Crippen molar-refractivity contribution < 1.29 is 19.1 Å². The third kappa shape index (κ3) is 5.06. The number of fused-ring (bicyclic) bond motifs is 1. The Morgan fingerprint density at radius 1 is 1.07 bits per heavy atom. The number of carbonyl (C=O) groups is 2. The van der Waals surface area contributed by atoms with Crippen LogP contribution in [-0.4, -0.2) is 49.6 Å². The lowest BCUT2D eigenvalue weighted by Gasteiger charge is -2.24. The van der Waals surface area contributed by atoms with E-state index in [-0.39, 0.29) is 18.4 Å². The number of nitrogens with zero attached hydrogens (tertiary/aromatic N) is 1. The van der Waals surface area contributed by atoms with Crippen LogP contribution in [0.15, 0.2) is 36.4 Å². The fourth-order valence-corrected chi connectivity index (χ4v) is 3.01. The molecule has 0 bridgehead atoms. The Kier molecular flexibility index (Phi) is 6.39. The second-order valence-electron chi connectivity index (χ2n) is 7.23. The molecule has 0 aromatic heterocycles. The molecule has 0 spiro atoms. The first-order chi connectivity index (χ1) is 13.8. The number of anilines is 2. The Morgan fingerprint density at radius 2 is 1.79 bits per heavy atom. The number of ether oxygens (including phenoxy) is 2. The van der Waals surface area contributed by atoms with Gasteiger partial charge in [-0.15, -0.1) is 0 Å². The first-order valence-electron chi connectivity index (χ1n) is 9.62. The third-order valence-electron chi connectivity index (χ3n) is 5.12. The van der Waals surface area contributed by atoms with Gasteiger partial charge in [0.1, 0.15) is 13.2 Å². The summed E-state index contributed by atoms with van der Waals surface area (Å²) in [7, 11) is 1.75. The minimum absolute atomic E-state index is 0.100. The van der Waals surface area contributed by atoms with Crippen molar-refractivity contribution in [1.29, 1.82) is 0 Å². The van der Waals surface area contributed by atoms with Crippen LogP contribution < -0.4 is 20.1 Å². The Hall–Kier alpha value is -3.06. The highest BCUT2D eigenvalue weighted by atomic mass is 16.6. The number of amides is 2. The van der Waals surface area contributed by atoms with E-state index in [1.807, 2.05) is 32.0 Å². The number of likely N-dealkylation sites (N-methyl/N-ethyl adjacent to an activating group) is 1. The molecule has 0 radical (unpaired) electrons. The monoisotopic (exact) mass is 397 g/mol. The predicted molar refractivity (Wildman–Crippen MR) is 113 cm³/mol. The third-order valence-corrected chi connectivity index (χ3v) is 5.12. The van der Waals surface area contributed by atoms with E-state index in [9.17, 15) is 9.59 Å². The molecule has 7 nitrogen and oxygen atoms in total. The fraction of sp³-hybridized carbons (Fsp3) is 0.364. The molecule has 2 aromatic rings. The van der Waals surface area contributed by atoms with Gasteiger partial charge in [-0.3, -0.25) is 14.5 Å². The molecule has 0 saturated carbocycles. The second-order valence-corrected chi connectivity index (χ2v) is 7.23. The van der Waals surface area contributed by atoms with Gasteiger partial charge in [-0.05, 0) is 57.1 Å². The van der Waals surface area contributed by atoms with Gasteiger partial charge in [0.25, 0.3) is 0 Å². The lowest BCUT2D eigenvalue weighted by molar-refractivity contribution is -0.122. The van der Waals surface area contributed by atoms with Crippen molar-refractivity contribution in [3.05, 3.63) is 47.5 Å². The summed E-state index contributed by atoms with van der Waals surface area (Å²) in [5.74, 6) is 0.911. The first-order valence-corrected chi connectivity index (χ1v) is 9.62. The summed E-state index contributed by atoms with van der Waals surface area (Å²) in [6, 6.07) is 10.6. The molecule has 2 aromatic carbocycles. The van der Waals surface area contributed by atoms with Gasteiger partial charge in [-0.25, -0.2) is 0 Å². The van der Waals surface area contributed by atoms with E-state index >= 15 is 0 Å². The Bertz CT molecular complexity index is 913. The van der Waals surface area contributed by atoms with Gasteiger partial charge in [-0.2, -0.15) is 0 Å². The summed E-state index contributed by atoms with van der Waals surface area (Å²) < 4.78 is 11.0. The van der Waals surface area contributed by atoms with Crippen molar-refractivity contribution in [2.24, 2.45) is 0 Å². The summed E-state index contributed by atoms with van der Waals surface area (Å²) >= 11 is 0. The molecule has 7 heteroatoms. The average Bonchev–Trinajstić information content (AvgIpc) is 2.70. The molecule has 2 N–H and O–H groups in total. The van der Waals surface area contributed by atoms with Crippen LogP contribution >= 0.6 is 0 Å². The number of benzene rings is 2. The van der Waals surface area contributed by atoms with E-state index in [2.05, 4.69) is 10.6 Å². The van der Waals surface area contributed by atoms with Crippen molar-refractivity contribution in [3.8, 4) is 11.5 Å². The standard InChI is InChI=1S/C22H27N3O4/c1-14-6-5-7-18(15(14)2)24-21(26)13-25(4)16(3)22(27)23-17-8-9-19-20(12-17)29-11-10-28-19/h5-9,12,16H,10-11,13H2,1-4H3,(H,23,27)(H,24,26)/t16-/m0/s1. The molecule has 1 heterocycles. The highest BCUT2D eigenvalue weighted by Crippen LogP contribution is 2.32. The number of nitrogens with one attached hydrogen (secondary N) is 2. The number of hydrogen-bond donors (Lipinski definition) is 2. The molecule has 154 valence electrons. The maximum atomic E-state index is 12.6. The Morgan fingerprint density at radius 3 is 2.55 bits per heavy atom. The maximum absolute atomic E-state index is 12.6. The van der Waals surface area contributed by atoms with Gasteiger partial charge >= 0.3 is 0 Å². The van der Waals surface area contributed by atoms with E-state index in [1.165, 1.54) is 0 Å². The van der Waals surface area contributed by atoms with Crippen LogP contribution in [0.4, 0.5) is 11.4 Å². The molecular formula is C22H27N3O4. The summed E-state index contributed by atoms with van der Waals surface area (Å²) in [4.78, 5) is 26.7. The van der Waals surface area contributed by atoms with Crippen molar-refractivity contribution in [2.45, 2.75) is 26.8 Å². The summed E-state index contributed by atoms with van der Waals surface area (Å²) in [5.41, 5.74) is 3.56. The van der Waals surface area contributed by atoms with Gasteiger partial charge in [0.15, 0.2) is 11.5 Å². The summed E-state index contributed by atoms with van der Waals surface area (Å²) in [6.45, 7) is 6.84. The SMILES string of the molecule is Cc1cccc(NC(=O)CN(C)[C@@H](C)C(=O)Nc2ccc3c(c2)OCCO3)c1C. The van der Waals surface area contributed by atoms with Crippen molar-refractivity contribution in [1.82, 2.24) is 4.90 Å².